The number of fused-ring (bicyclic) bond motifs is 1. The molecule has 4 unspecified atom stereocenters. The molecule has 3 heterocycles. The molecule has 7 rings (SSSR count). The Morgan fingerprint density at radius 3 is 2.53 bits per heavy atom. The van der Waals surface area contributed by atoms with E-state index in [1.807, 2.05) is 49.4 Å². The summed E-state index contributed by atoms with van der Waals surface area (Å²) in [6.07, 6.45) is -0.0323. The summed E-state index contributed by atoms with van der Waals surface area (Å²) in [5.41, 5.74) is 4.55. The number of anilines is 2. The van der Waals surface area contributed by atoms with E-state index < -0.39 is 28.1 Å². The normalized spacial score (nSPS) is 22.0. The first-order chi connectivity index (χ1) is 25.7. The third kappa shape index (κ3) is 8.63. The fourth-order valence-corrected chi connectivity index (χ4v) is 9.01. The molecule has 282 valence electrons. The second kappa shape index (κ2) is 16.4. The third-order valence-corrected chi connectivity index (χ3v) is 12.2. The number of β-amino-alcohol motifs (C(OH)–C–C–N with tert-alkyl or cyclic N) is 1. The van der Waals surface area contributed by atoms with E-state index >= 15 is 0 Å². The molecule has 12 heteroatoms. The van der Waals surface area contributed by atoms with E-state index in [9.17, 15) is 17.9 Å². The number of aliphatic hydroxyl groups is 1. The van der Waals surface area contributed by atoms with Gasteiger partial charge in [0.1, 0.15) is 30.0 Å². The number of nitrogens with zero attached hydrogens (tertiary/aromatic N) is 3. The van der Waals surface area contributed by atoms with Crippen molar-refractivity contribution < 1.29 is 36.9 Å². The summed E-state index contributed by atoms with van der Waals surface area (Å²) >= 11 is 0. The van der Waals surface area contributed by atoms with Crippen LogP contribution in [-0.2, 0) is 26.1 Å². The lowest BCUT2D eigenvalue weighted by Crippen LogP contribution is -2.53. The smallest absolute Gasteiger partial charge is 0.243 e. The Morgan fingerprint density at radius 2 is 1.75 bits per heavy atom. The number of benzene rings is 4. The van der Waals surface area contributed by atoms with E-state index in [4.69, 9.17) is 18.9 Å². The van der Waals surface area contributed by atoms with Crippen LogP contribution >= 0.6 is 0 Å². The molecule has 3 aliphatic rings. The van der Waals surface area contributed by atoms with E-state index in [0.29, 0.717) is 25.5 Å². The molecule has 0 bridgehead atoms. The zero-order valence-electron chi connectivity index (χ0n) is 30.3. The van der Waals surface area contributed by atoms with Crippen LogP contribution < -0.4 is 19.3 Å². The molecule has 0 amide bonds. The molecule has 4 aromatic carbocycles. The SMILES string of the molecule is COCCCN1CCOc2ccc(COC3CN(S(=O)(=O)c4ccc(C)cc4)CC(O)C3c3ccc(OC4CCN(c5cccc(F)c5)C4)cc3)cc21. The number of sulfonamides is 1. The van der Waals surface area contributed by atoms with Gasteiger partial charge in [-0.05, 0) is 79.1 Å². The van der Waals surface area contributed by atoms with Gasteiger partial charge >= 0.3 is 0 Å². The topological polar surface area (TPSA) is 101 Å². The Bertz CT molecular complexity index is 1950. The lowest BCUT2D eigenvalue weighted by atomic mass is 9.85. The maximum absolute atomic E-state index is 13.8. The van der Waals surface area contributed by atoms with Crippen molar-refractivity contribution in [2.75, 3.05) is 69.4 Å². The van der Waals surface area contributed by atoms with E-state index in [1.54, 1.807) is 37.4 Å². The van der Waals surface area contributed by atoms with Crippen LogP contribution in [0.3, 0.4) is 0 Å². The van der Waals surface area contributed by atoms with Crippen LogP contribution in [-0.4, -0.2) is 95.7 Å². The van der Waals surface area contributed by atoms with Crippen molar-refractivity contribution in [2.24, 2.45) is 0 Å². The van der Waals surface area contributed by atoms with Crippen LogP contribution in [0.2, 0.25) is 0 Å². The van der Waals surface area contributed by atoms with Crippen LogP contribution in [0, 0.1) is 12.7 Å². The van der Waals surface area contributed by atoms with Gasteiger partial charge in [-0.1, -0.05) is 42.0 Å². The van der Waals surface area contributed by atoms with Crippen LogP contribution in [0.4, 0.5) is 15.8 Å². The number of hydrogen-bond donors (Lipinski definition) is 1. The lowest BCUT2D eigenvalue weighted by molar-refractivity contribution is -0.0534. The summed E-state index contributed by atoms with van der Waals surface area (Å²) in [4.78, 5) is 4.59. The van der Waals surface area contributed by atoms with E-state index in [0.717, 1.165) is 66.3 Å². The van der Waals surface area contributed by atoms with Crippen LogP contribution in [0.25, 0.3) is 0 Å². The monoisotopic (exact) mass is 745 g/mol. The van der Waals surface area contributed by atoms with Crippen LogP contribution in [0.1, 0.15) is 35.4 Å². The highest BCUT2D eigenvalue weighted by atomic mass is 32.2. The van der Waals surface area contributed by atoms with Crippen molar-refractivity contribution in [3.8, 4) is 11.5 Å². The fourth-order valence-electron chi connectivity index (χ4n) is 7.54. The minimum atomic E-state index is -3.90. The first-order valence-corrected chi connectivity index (χ1v) is 19.7. The number of aliphatic hydroxyl groups excluding tert-OH is 1. The molecular formula is C41H48FN3O7S. The minimum absolute atomic E-state index is 0.0565. The number of ether oxygens (including phenoxy) is 4. The van der Waals surface area contributed by atoms with Gasteiger partial charge in [-0.25, -0.2) is 12.8 Å². The Balaban J connectivity index is 1.09. The van der Waals surface area contributed by atoms with Gasteiger partial charge in [-0.2, -0.15) is 4.31 Å². The van der Waals surface area contributed by atoms with Crippen molar-refractivity contribution in [2.45, 2.75) is 55.5 Å². The number of hydrogen-bond acceptors (Lipinski definition) is 9. The second-order valence-electron chi connectivity index (χ2n) is 14.1. The molecule has 53 heavy (non-hydrogen) atoms. The van der Waals surface area contributed by atoms with E-state index in [-0.39, 0.29) is 36.5 Å². The Hall–Kier alpha value is -4.20. The third-order valence-electron chi connectivity index (χ3n) is 10.4. The molecule has 3 aliphatic heterocycles. The van der Waals surface area contributed by atoms with Crippen molar-refractivity contribution >= 4 is 21.4 Å². The lowest BCUT2D eigenvalue weighted by Gasteiger charge is -2.41. The summed E-state index contributed by atoms with van der Waals surface area (Å²) in [5, 5.41) is 11.7. The molecule has 1 N–H and O–H groups in total. The van der Waals surface area contributed by atoms with Gasteiger partial charge in [0.05, 0.1) is 42.5 Å². The second-order valence-corrected chi connectivity index (χ2v) is 16.0. The summed E-state index contributed by atoms with van der Waals surface area (Å²) < 4.78 is 67.0. The van der Waals surface area contributed by atoms with Gasteiger partial charge in [0, 0.05) is 57.9 Å². The molecule has 2 saturated heterocycles. The first kappa shape index (κ1) is 37.1. The van der Waals surface area contributed by atoms with Gasteiger partial charge < -0.3 is 33.9 Å². The van der Waals surface area contributed by atoms with Gasteiger partial charge in [0.15, 0.2) is 0 Å². The van der Waals surface area contributed by atoms with Crippen LogP contribution in [0.5, 0.6) is 11.5 Å². The predicted octanol–water partition coefficient (Wildman–Crippen LogP) is 5.76. The summed E-state index contributed by atoms with van der Waals surface area (Å²) in [7, 11) is -2.19. The highest BCUT2D eigenvalue weighted by molar-refractivity contribution is 7.89. The molecule has 4 aromatic rings. The maximum atomic E-state index is 13.8. The van der Waals surface area contributed by atoms with Crippen LogP contribution in [0.15, 0.2) is 95.9 Å². The number of piperidine rings is 1. The molecule has 0 aromatic heterocycles. The average Bonchev–Trinajstić information content (AvgIpc) is 3.63. The Labute approximate surface area is 311 Å². The molecule has 0 radical (unpaired) electrons. The number of halogens is 1. The van der Waals surface area contributed by atoms with Gasteiger partial charge in [0.2, 0.25) is 10.0 Å². The van der Waals surface area contributed by atoms with Crippen molar-refractivity contribution in [1.29, 1.82) is 0 Å². The number of aryl methyl sites for hydroxylation is 1. The first-order valence-electron chi connectivity index (χ1n) is 18.3. The standard InChI is InChI=1S/C41H48FN3O7S/c1-29-7-14-36(15-8-29)53(47,48)45-26-38(46)41(31-10-12-34(13-11-31)52-35-17-19-44(25-35)33-6-3-5-32(42)24-33)40(27-45)51-28-30-9-16-39-37(23-30)43(20-22-50-39)18-4-21-49-2/h3,5-16,23-24,35,38,40-41,46H,4,17-22,25-28H2,1-2H3. The van der Waals surface area contributed by atoms with Crippen molar-refractivity contribution in [3.05, 3.63) is 114 Å². The quantitative estimate of drug-likeness (QED) is 0.171. The molecule has 0 aliphatic carbocycles. The molecular weight excluding hydrogens is 698 g/mol. The zero-order valence-corrected chi connectivity index (χ0v) is 31.1. The molecule has 0 spiro atoms. The molecule has 10 nitrogen and oxygen atoms in total. The summed E-state index contributed by atoms with van der Waals surface area (Å²) in [6.45, 7) is 6.45. The minimum Gasteiger partial charge on any atom is -0.490 e. The number of methoxy groups -OCH3 is 1. The van der Waals surface area contributed by atoms with Gasteiger partial charge in [0.25, 0.3) is 0 Å². The van der Waals surface area contributed by atoms with Gasteiger partial charge in [-0.3, -0.25) is 0 Å². The highest BCUT2D eigenvalue weighted by Crippen LogP contribution is 2.37. The van der Waals surface area contributed by atoms with E-state index in [2.05, 4.69) is 15.9 Å². The average molecular weight is 746 g/mol. The number of rotatable bonds is 13. The highest BCUT2D eigenvalue weighted by Gasteiger charge is 2.42. The predicted molar refractivity (Wildman–Crippen MR) is 202 cm³/mol. The molecule has 2 fully saturated rings. The Morgan fingerprint density at radius 1 is 0.943 bits per heavy atom. The molecule has 0 saturated carbocycles. The largest absolute Gasteiger partial charge is 0.490 e. The Kier molecular flexibility index (Phi) is 11.5. The summed E-state index contributed by atoms with van der Waals surface area (Å²) in [6, 6.07) is 27.0. The van der Waals surface area contributed by atoms with Crippen molar-refractivity contribution in [3.63, 3.8) is 0 Å². The van der Waals surface area contributed by atoms with Crippen molar-refractivity contribution in [1.82, 2.24) is 4.31 Å². The fraction of sp³-hybridized carbons (Fsp3) is 0.415. The molecule has 4 atom stereocenters. The van der Waals surface area contributed by atoms with Gasteiger partial charge in [-0.15, -0.1) is 0 Å². The maximum Gasteiger partial charge on any atom is 0.243 e. The zero-order chi connectivity index (χ0) is 37.0. The van der Waals surface area contributed by atoms with E-state index in [1.165, 1.54) is 16.4 Å². The summed E-state index contributed by atoms with van der Waals surface area (Å²) in [5.74, 6) is 0.760.